The molecule has 3 amide bonds. The van der Waals surface area contributed by atoms with Crippen molar-refractivity contribution < 1.29 is 33.9 Å². The molecule has 4 rings (SSSR count). The zero-order valence-electron chi connectivity index (χ0n) is 21.5. The van der Waals surface area contributed by atoms with E-state index in [-0.39, 0.29) is 18.3 Å². The van der Waals surface area contributed by atoms with E-state index in [2.05, 4.69) is 17.7 Å². The molecule has 0 aromatic heterocycles. The number of imide groups is 3. The standard InChI is InChI=1S/C27H34BNO7/c1-6-17(12-18-9-15(3)24(30)16(4)10-18)7-8-21-22-14(2)11-19-23(20(22)13-28(34)36-21)26(32)29(25(19)31)27(33)35-5/h9-10,12,19-21,23,30,34H,6-8,11,13H2,1-5H3/b17-12+/t19-,20+,21-,23-/m1/s1. The van der Waals surface area contributed by atoms with Crippen LogP contribution >= 0.6 is 0 Å². The highest BCUT2D eigenvalue weighted by molar-refractivity contribution is 6.43. The monoisotopic (exact) mass is 495 g/mol. The Morgan fingerprint density at radius 2 is 1.86 bits per heavy atom. The lowest BCUT2D eigenvalue weighted by Crippen LogP contribution is -2.46. The van der Waals surface area contributed by atoms with Crippen LogP contribution in [0.25, 0.3) is 6.08 Å². The highest BCUT2D eigenvalue weighted by Crippen LogP contribution is 2.50. The van der Waals surface area contributed by atoms with Gasteiger partial charge in [0.25, 0.3) is 0 Å². The van der Waals surface area contributed by atoms with E-state index in [1.165, 1.54) is 5.57 Å². The van der Waals surface area contributed by atoms with Gasteiger partial charge in [-0.3, -0.25) is 9.59 Å². The summed E-state index contributed by atoms with van der Waals surface area (Å²) in [6.07, 6.45) is 3.56. The first-order valence-corrected chi connectivity index (χ1v) is 12.6. The fourth-order valence-electron chi connectivity index (χ4n) is 6.17. The van der Waals surface area contributed by atoms with Gasteiger partial charge in [0, 0.05) is 0 Å². The number of aromatic hydroxyl groups is 1. The summed E-state index contributed by atoms with van der Waals surface area (Å²) >= 11 is 0. The molecule has 2 N–H and O–H groups in total. The minimum atomic E-state index is -1.05. The minimum Gasteiger partial charge on any atom is -0.507 e. The second kappa shape index (κ2) is 10.2. The van der Waals surface area contributed by atoms with E-state index in [0.29, 0.717) is 23.5 Å². The molecule has 2 aliphatic heterocycles. The molecule has 1 aliphatic carbocycles. The summed E-state index contributed by atoms with van der Waals surface area (Å²) in [6, 6.07) is 3.91. The van der Waals surface area contributed by atoms with Gasteiger partial charge in [-0.15, -0.1) is 0 Å². The van der Waals surface area contributed by atoms with Crippen LogP contribution in [-0.4, -0.2) is 53.3 Å². The number of aryl methyl sites for hydroxylation is 2. The van der Waals surface area contributed by atoms with Crippen molar-refractivity contribution in [3.8, 4) is 5.75 Å². The van der Waals surface area contributed by atoms with E-state index in [0.717, 1.165) is 47.8 Å². The normalized spacial score (nSPS) is 26.3. The summed E-state index contributed by atoms with van der Waals surface area (Å²) in [5.41, 5.74) is 5.84. The molecular weight excluding hydrogens is 461 g/mol. The van der Waals surface area contributed by atoms with E-state index < -0.39 is 36.9 Å². The summed E-state index contributed by atoms with van der Waals surface area (Å²) in [5.74, 6) is -2.44. The van der Waals surface area contributed by atoms with Crippen molar-refractivity contribution in [1.82, 2.24) is 4.90 Å². The van der Waals surface area contributed by atoms with Gasteiger partial charge in [-0.05, 0) is 93.1 Å². The van der Waals surface area contributed by atoms with Gasteiger partial charge in [0.15, 0.2) is 0 Å². The Balaban J connectivity index is 1.57. The maximum absolute atomic E-state index is 13.2. The average molecular weight is 495 g/mol. The van der Waals surface area contributed by atoms with Gasteiger partial charge in [-0.25, -0.2) is 4.79 Å². The maximum Gasteiger partial charge on any atom is 0.455 e. The second-order valence-electron chi connectivity index (χ2n) is 10.2. The summed E-state index contributed by atoms with van der Waals surface area (Å²) < 4.78 is 10.6. The third-order valence-electron chi connectivity index (χ3n) is 7.88. The Hall–Kier alpha value is -2.91. The minimum absolute atomic E-state index is 0.209. The molecule has 36 heavy (non-hydrogen) atoms. The molecule has 0 unspecified atom stereocenters. The molecule has 4 atom stereocenters. The number of rotatable bonds is 5. The molecule has 0 spiro atoms. The van der Waals surface area contributed by atoms with Gasteiger partial charge < -0.3 is 19.5 Å². The number of carbonyl (C=O) groups excluding carboxylic acids is 3. The molecule has 1 aromatic carbocycles. The topological polar surface area (TPSA) is 113 Å². The molecule has 192 valence electrons. The molecule has 8 nitrogen and oxygen atoms in total. The molecular formula is C27H34BNO7. The first-order valence-electron chi connectivity index (χ1n) is 12.6. The predicted octanol–water partition coefficient (Wildman–Crippen LogP) is 4.17. The van der Waals surface area contributed by atoms with Crippen LogP contribution in [0.2, 0.25) is 6.32 Å². The van der Waals surface area contributed by atoms with Gasteiger partial charge in [0.2, 0.25) is 11.8 Å². The third kappa shape index (κ3) is 4.62. The number of carbonyl (C=O) groups is 3. The number of phenols is 1. The Morgan fingerprint density at radius 3 is 2.47 bits per heavy atom. The van der Waals surface area contributed by atoms with Crippen LogP contribution in [-0.2, 0) is 19.0 Å². The lowest BCUT2D eigenvalue weighted by Gasteiger charge is -2.42. The second-order valence-corrected chi connectivity index (χ2v) is 10.2. The zero-order chi connectivity index (χ0) is 26.3. The number of methoxy groups -OCH3 is 1. The number of nitrogens with zero attached hydrogens (tertiary/aromatic N) is 1. The molecule has 2 heterocycles. The van der Waals surface area contributed by atoms with Crippen LogP contribution in [0, 0.1) is 31.6 Å². The molecule has 2 saturated heterocycles. The van der Waals surface area contributed by atoms with Crippen molar-refractivity contribution in [2.24, 2.45) is 17.8 Å². The van der Waals surface area contributed by atoms with Gasteiger partial charge in [0.05, 0.1) is 25.0 Å². The molecule has 0 bridgehead atoms. The average Bonchev–Trinajstić information content (AvgIpc) is 3.08. The van der Waals surface area contributed by atoms with E-state index in [1.807, 2.05) is 32.9 Å². The van der Waals surface area contributed by atoms with E-state index in [4.69, 9.17) is 4.65 Å². The van der Waals surface area contributed by atoms with Crippen LogP contribution in [0.4, 0.5) is 4.79 Å². The Morgan fingerprint density at radius 1 is 1.19 bits per heavy atom. The third-order valence-corrected chi connectivity index (χ3v) is 7.88. The van der Waals surface area contributed by atoms with E-state index >= 15 is 0 Å². The van der Waals surface area contributed by atoms with E-state index in [9.17, 15) is 24.5 Å². The highest BCUT2D eigenvalue weighted by atomic mass is 16.5. The highest BCUT2D eigenvalue weighted by Gasteiger charge is 2.58. The molecule has 0 saturated carbocycles. The number of hydrogen-bond donors (Lipinski definition) is 2. The van der Waals surface area contributed by atoms with Gasteiger partial charge >= 0.3 is 13.2 Å². The fourth-order valence-corrected chi connectivity index (χ4v) is 6.17. The van der Waals surface area contributed by atoms with Crippen molar-refractivity contribution in [3.63, 3.8) is 0 Å². The fraction of sp³-hybridized carbons (Fsp3) is 0.519. The van der Waals surface area contributed by atoms with Gasteiger partial charge in [0.1, 0.15) is 5.75 Å². The maximum atomic E-state index is 13.2. The Labute approximate surface area is 212 Å². The number of amides is 3. The molecule has 1 aromatic rings. The van der Waals surface area contributed by atoms with Crippen molar-refractivity contribution >= 4 is 31.1 Å². The summed E-state index contributed by atoms with van der Waals surface area (Å²) in [4.78, 5) is 38.8. The number of allylic oxidation sites excluding steroid dienone is 2. The first kappa shape index (κ1) is 26.2. The lowest BCUT2D eigenvalue weighted by molar-refractivity contribution is -0.137. The summed E-state index contributed by atoms with van der Waals surface area (Å²) in [5, 5.41) is 20.6. The quantitative estimate of drug-likeness (QED) is 0.358. The largest absolute Gasteiger partial charge is 0.507 e. The number of benzene rings is 1. The summed E-state index contributed by atoms with van der Waals surface area (Å²) in [6.45, 7) is 7.80. The number of hydrogen-bond acceptors (Lipinski definition) is 7. The summed E-state index contributed by atoms with van der Waals surface area (Å²) in [7, 11) is 0.0926. The smallest absolute Gasteiger partial charge is 0.455 e. The van der Waals surface area contributed by atoms with Gasteiger partial charge in [-0.1, -0.05) is 24.1 Å². The van der Waals surface area contributed by atoms with E-state index in [1.54, 1.807) is 0 Å². The predicted molar refractivity (Wildman–Crippen MR) is 135 cm³/mol. The van der Waals surface area contributed by atoms with Crippen LogP contribution in [0.5, 0.6) is 5.75 Å². The van der Waals surface area contributed by atoms with Crippen molar-refractivity contribution in [2.75, 3.05) is 7.11 Å². The first-order chi connectivity index (χ1) is 17.1. The molecule has 9 heteroatoms. The van der Waals surface area contributed by atoms with Crippen molar-refractivity contribution in [3.05, 3.63) is 45.5 Å². The molecule has 2 fully saturated rings. The van der Waals surface area contributed by atoms with Crippen molar-refractivity contribution in [1.29, 1.82) is 0 Å². The number of likely N-dealkylation sites (tertiary alicyclic amines) is 1. The van der Waals surface area contributed by atoms with Crippen LogP contribution < -0.4 is 0 Å². The Bertz CT molecular complexity index is 1130. The zero-order valence-corrected chi connectivity index (χ0v) is 21.5. The van der Waals surface area contributed by atoms with Crippen molar-refractivity contribution in [2.45, 2.75) is 65.8 Å². The SMILES string of the molecule is CC/C(=C\c1cc(C)c(O)c(C)c1)CC[C@H]1OB(O)C[C@H]2C1=C(C)C[C@H]1C(=O)N(C(=O)OC)C(=O)[C@H]12. The number of ether oxygens (including phenoxy) is 1. The molecule has 0 radical (unpaired) electrons. The number of fused-ring (bicyclic) bond motifs is 3. The van der Waals surface area contributed by atoms with Crippen LogP contribution in [0.3, 0.4) is 0 Å². The Kier molecular flexibility index (Phi) is 7.43. The van der Waals surface area contributed by atoms with Crippen LogP contribution in [0.15, 0.2) is 28.9 Å². The van der Waals surface area contributed by atoms with Crippen LogP contribution in [0.1, 0.15) is 56.2 Å². The molecule has 3 aliphatic rings. The van der Waals surface area contributed by atoms with Gasteiger partial charge in [-0.2, -0.15) is 4.90 Å². The number of phenolic OH excluding ortho intramolecular Hbond substituents is 1. The lowest BCUT2D eigenvalue weighted by atomic mass is 9.59.